The highest BCUT2D eigenvalue weighted by Gasteiger charge is 2.22. The van der Waals surface area contributed by atoms with Gasteiger partial charge >= 0.3 is 0 Å². The molecule has 0 aliphatic rings. The van der Waals surface area contributed by atoms with Crippen LogP contribution in [0.4, 0.5) is 5.69 Å². The first-order valence-corrected chi connectivity index (χ1v) is 12.3. The molecular weight excluding hydrogens is 480 g/mol. The molecule has 0 fully saturated rings. The Morgan fingerprint density at radius 1 is 0.737 bits per heavy atom. The van der Waals surface area contributed by atoms with E-state index in [1.165, 1.54) is 0 Å². The molecule has 7 nitrogen and oxygen atoms in total. The SMILES string of the molecule is Cc1ccc(OCC(=O)NC(COCc2ccccc2)C(=O)Nc2ccc(Oc3ccccc3)cc2)cc1. The van der Waals surface area contributed by atoms with Crippen LogP contribution in [-0.2, 0) is 20.9 Å². The normalized spacial score (nSPS) is 11.3. The lowest BCUT2D eigenvalue weighted by molar-refractivity contribution is -0.129. The third-order valence-corrected chi connectivity index (χ3v) is 5.54. The Labute approximate surface area is 222 Å². The van der Waals surface area contributed by atoms with Gasteiger partial charge in [-0.3, -0.25) is 9.59 Å². The molecule has 0 aromatic heterocycles. The maximum Gasteiger partial charge on any atom is 0.258 e. The fraction of sp³-hybridized carbons (Fsp3) is 0.161. The molecule has 1 unspecified atom stereocenters. The van der Waals surface area contributed by atoms with Gasteiger partial charge in [0.1, 0.15) is 23.3 Å². The fourth-order valence-corrected chi connectivity index (χ4v) is 3.53. The number of para-hydroxylation sites is 1. The second kappa shape index (κ2) is 13.6. The monoisotopic (exact) mass is 510 g/mol. The molecule has 0 aliphatic carbocycles. The van der Waals surface area contributed by atoms with Crippen molar-refractivity contribution in [1.29, 1.82) is 0 Å². The van der Waals surface area contributed by atoms with Gasteiger partial charge < -0.3 is 24.8 Å². The fourth-order valence-electron chi connectivity index (χ4n) is 3.53. The minimum absolute atomic E-state index is 0.00774. The number of amides is 2. The van der Waals surface area contributed by atoms with Gasteiger partial charge in [0.15, 0.2) is 6.61 Å². The number of rotatable bonds is 12. The van der Waals surface area contributed by atoms with Crippen LogP contribution < -0.4 is 20.1 Å². The van der Waals surface area contributed by atoms with Crippen LogP contribution >= 0.6 is 0 Å². The molecule has 4 rings (SSSR count). The standard InChI is InChI=1S/C31H30N2O5/c1-23-12-16-26(17-13-23)37-22-30(34)33-29(21-36-20-24-8-4-2-5-9-24)31(35)32-25-14-18-28(19-15-25)38-27-10-6-3-7-11-27/h2-19,29H,20-22H2,1H3,(H,32,35)(H,33,34). The van der Waals surface area contributed by atoms with Crippen molar-refractivity contribution < 1.29 is 23.8 Å². The summed E-state index contributed by atoms with van der Waals surface area (Å²) in [4.78, 5) is 25.7. The molecular formula is C31H30N2O5. The van der Waals surface area contributed by atoms with Gasteiger partial charge in [0.2, 0.25) is 5.91 Å². The molecule has 7 heteroatoms. The van der Waals surface area contributed by atoms with Gasteiger partial charge in [-0.25, -0.2) is 0 Å². The number of aryl methyl sites for hydroxylation is 1. The molecule has 1 atom stereocenters. The zero-order valence-corrected chi connectivity index (χ0v) is 21.1. The Balaban J connectivity index is 1.35. The average molecular weight is 511 g/mol. The summed E-state index contributed by atoms with van der Waals surface area (Å²) in [7, 11) is 0. The van der Waals surface area contributed by atoms with Gasteiger partial charge in [-0.2, -0.15) is 0 Å². The highest BCUT2D eigenvalue weighted by molar-refractivity contribution is 5.97. The molecule has 0 heterocycles. The number of anilines is 1. The maximum atomic E-state index is 13.1. The largest absolute Gasteiger partial charge is 0.484 e. The van der Waals surface area contributed by atoms with E-state index in [9.17, 15) is 9.59 Å². The molecule has 0 radical (unpaired) electrons. The van der Waals surface area contributed by atoms with Crippen LogP contribution in [0.5, 0.6) is 17.2 Å². The van der Waals surface area contributed by atoms with Gasteiger partial charge in [0.05, 0.1) is 13.2 Å². The van der Waals surface area contributed by atoms with Gasteiger partial charge in [-0.15, -0.1) is 0 Å². The van der Waals surface area contributed by atoms with E-state index in [0.717, 1.165) is 16.9 Å². The first-order valence-electron chi connectivity index (χ1n) is 12.3. The predicted molar refractivity (Wildman–Crippen MR) is 146 cm³/mol. The van der Waals surface area contributed by atoms with Crippen LogP contribution in [0.25, 0.3) is 0 Å². The summed E-state index contributed by atoms with van der Waals surface area (Å²) in [5, 5.41) is 5.56. The smallest absolute Gasteiger partial charge is 0.258 e. The molecule has 0 bridgehead atoms. The Kier molecular flexibility index (Phi) is 9.48. The first kappa shape index (κ1) is 26.4. The number of carbonyl (C=O) groups excluding carboxylic acids is 2. The van der Waals surface area contributed by atoms with Crippen molar-refractivity contribution in [2.45, 2.75) is 19.6 Å². The average Bonchev–Trinajstić information content (AvgIpc) is 2.94. The quantitative estimate of drug-likeness (QED) is 0.263. The van der Waals surface area contributed by atoms with E-state index < -0.39 is 17.9 Å². The van der Waals surface area contributed by atoms with E-state index in [4.69, 9.17) is 14.2 Å². The van der Waals surface area contributed by atoms with Crippen LogP contribution in [0, 0.1) is 6.92 Å². The van der Waals surface area contributed by atoms with Crippen LogP contribution in [-0.4, -0.2) is 31.1 Å². The van der Waals surface area contributed by atoms with Crippen LogP contribution in [0.1, 0.15) is 11.1 Å². The van der Waals surface area contributed by atoms with Crippen molar-refractivity contribution in [2.75, 3.05) is 18.5 Å². The number of nitrogens with one attached hydrogen (secondary N) is 2. The van der Waals surface area contributed by atoms with Crippen molar-refractivity contribution >= 4 is 17.5 Å². The van der Waals surface area contributed by atoms with E-state index in [1.807, 2.05) is 79.7 Å². The summed E-state index contributed by atoms with van der Waals surface area (Å²) in [6.45, 7) is 2.05. The first-order chi connectivity index (χ1) is 18.5. The maximum absolute atomic E-state index is 13.1. The summed E-state index contributed by atoms with van der Waals surface area (Å²) in [5.41, 5.74) is 2.62. The summed E-state index contributed by atoms with van der Waals surface area (Å²) < 4.78 is 17.1. The topological polar surface area (TPSA) is 85.9 Å². The van der Waals surface area contributed by atoms with Crippen molar-refractivity contribution in [3.8, 4) is 17.2 Å². The Morgan fingerprint density at radius 2 is 1.34 bits per heavy atom. The van der Waals surface area contributed by atoms with Gasteiger partial charge in [-0.05, 0) is 61.0 Å². The van der Waals surface area contributed by atoms with Gasteiger partial charge in [0.25, 0.3) is 5.91 Å². The highest BCUT2D eigenvalue weighted by atomic mass is 16.5. The Morgan fingerprint density at radius 3 is 2.03 bits per heavy atom. The molecule has 4 aromatic rings. The lowest BCUT2D eigenvalue weighted by Crippen LogP contribution is -2.48. The van der Waals surface area contributed by atoms with Gasteiger partial charge in [0, 0.05) is 5.69 Å². The number of ether oxygens (including phenoxy) is 3. The zero-order chi connectivity index (χ0) is 26.6. The molecule has 194 valence electrons. The van der Waals surface area contributed by atoms with Crippen molar-refractivity contribution in [1.82, 2.24) is 5.32 Å². The predicted octanol–water partition coefficient (Wildman–Crippen LogP) is 5.51. The van der Waals surface area contributed by atoms with E-state index in [2.05, 4.69) is 10.6 Å². The van der Waals surface area contributed by atoms with Crippen molar-refractivity contribution in [3.05, 3.63) is 120 Å². The molecule has 0 aliphatic heterocycles. The summed E-state index contributed by atoms with van der Waals surface area (Å²) in [5.74, 6) is 1.10. The molecule has 0 saturated heterocycles. The second-order valence-corrected chi connectivity index (χ2v) is 8.65. The Bertz CT molecular complexity index is 1290. The van der Waals surface area contributed by atoms with E-state index in [0.29, 0.717) is 23.8 Å². The number of hydrogen-bond acceptors (Lipinski definition) is 5. The third-order valence-electron chi connectivity index (χ3n) is 5.54. The lowest BCUT2D eigenvalue weighted by atomic mass is 10.2. The summed E-state index contributed by atoms with van der Waals surface area (Å²) in [6, 6.07) is 32.5. The highest BCUT2D eigenvalue weighted by Crippen LogP contribution is 2.22. The van der Waals surface area contributed by atoms with Gasteiger partial charge in [-0.1, -0.05) is 66.2 Å². The van der Waals surface area contributed by atoms with Crippen LogP contribution in [0.15, 0.2) is 109 Å². The molecule has 2 amide bonds. The lowest BCUT2D eigenvalue weighted by Gasteiger charge is -2.19. The number of hydrogen-bond donors (Lipinski definition) is 2. The summed E-state index contributed by atoms with van der Waals surface area (Å²) >= 11 is 0. The molecule has 0 spiro atoms. The molecule has 4 aromatic carbocycles. The summed E-state index contributed by atoms with van der Waals surface area (Å²) in [6.07, 6.45) is 0. The van der Waals surface area contributed by atoms with Crippen molar-refractivity contribution in [2.24, 2.45) is 0 Å². The van der Waals surface area contributed by atoms with Crippen LogP contribution in [0.2, 0.25) is 0 Å². The van der Waals surface area contributed by atoms with Crippen molar-refractivity contribution in [3.63, 3.8) is 0 Å². The van der Waals surface area contributed by atoms with Crippen LogP contribution in [0.3, 0.4) is 0 Å². The molecule has 2 N–H and O–H groups in total. The number of carbonyl (C=O) groups is 2. The molecule has 38 heavy (non-hydrogen) atoms. The minimum atomic E-state index is -0.923. The third kappa shape index (κ3) is 8.50. The number of benzene rings is 4. The molecule has 0 saturated carbocycles. The second-order valence-electron chi connectivity index (χ2n) is 8.65. The Hall–Kier alpha value is -4.62. The van der Waals surface area contributed by atoms with E-state index in [1.54, 1.807) is 36.4 Å². The zero-order valence-electron chi connectivity index (χ0n) is 21.1. The minimum Gasteiger partial charge on any atom is -0.484 e. The van der Waals surface area contributed by atoms with E-state index >= 15 is 0 Å². The van der Waals surface area contributed by atoms with E-state index in [-0.39, 0.29) is 13.2 Å².